The zero-order valence-corrected chi connectivity index (χ0v) is 18.7. The first-order valence-electron chi connectivity index (χ1n) is 9.04. The number of para-hydroxylation sites is 1. The number of aromatic nitrogens is 2. The molecule has 0 radical (unpaired) electrons. The van der Waals surface area contributed by atoms with Gasteiger partial charge in [0.2, 0.25) is 0 Å². The Labute approximate surface area is 181 Å². The fraction of sp³-hybridized carbons (Fsp3) is 0.263. The van der Waals surface area contributed by atoms with Crippen LogP contribution in [-0.4, -0.2) is 50.8 Å². The van der Waals surface area contributed by atoms with Crippen molar-refractivity contribution in [3.63, 3.8) is 0 Å². The van der Waals surface area contributed by atoms with Crippen molar-refractivity contribution in [3.05, 3.63) is 41.4 Å². The van der Waals surface area contributed by atoms with Crippen LogP contribution in [0.3, 0.4) is 0 Å². The lowest BCUT2D eigenvalue weighted by atomic mass is 10.3. The highest BCUT2D eigenvalue weighted by molar-refractivity contribution is 7.90. The summed E-state index contributed by atoms with van der Waals surface area (Å²) in [5, 5.41) is 2.61. The second-order valence-electron chi connectivity index (χ2n) is 6.96. The number of hydrogen-bond donors (Lipinski definition) is 0. The lowest BCUT2D eigenvalue weighted by molar-refractivity contribution is 0.602. The van der Waals surface area contributed by atoms with Gasteiger partial charge in [-0.1, -0.05) is 40.3 Å². The molecule has 6 nitrogen and oxygen atoms in total. The van der Waals surface area contributed by atoms with Gasteiger partial charge in [-0.3, -0.25) is 0 Å². The molecule has 0 bridgehead atoms. The average Bonchev–Trinajstić information content (AvgIpc) is 3.32. The highest BCUT2D eigenvalue weighted by atomic mass is 35.5. The van der Waals surface area contributed by atoms with E-state index in [9.17, 15) is 8.42 Å². The molecule has 0 aliphatic carbocycles. The Balaban J connectivity index is 1.35. The van der Waals surface area contributed by atoms with E-state index in [2.05, 4.69) is 9.80 Å². The summed E-state index contributed by atoms with van der Waals surface area (Å²) in [5.74, 6) is 0. The van der Waals surface area contributed by atoms with Gasteiger partial charge in [-0.05, 0) is 30.3 Å². The van der Waals surface area contributed by atoms with Gasteiger partial charge in [0.05, 0.1) is 24.8 Å². The van der Waals surface area contributed by atoms with E-state index in [-0.39, 0.29) is 0 Å². The molecule has 0 N–H and O–H groups in total. The van der Waals surface area contributed by atoms with Crippen LogP contribution in [0.4, 0.5) is 10.3 Å². The number of fused-ring (bicyclic) bond motifs is 2. The SMILES string of the molecule is CS(=O)(=O)c1ccc2nc(N3CCN(c4nc5c(Cl)cccc5s4)CC3)sc2c1. The summed E-state index contributed by atoms with van der Waals surface area (Å²) < 4.78 is 25.6. The van der Waals surface area contributed by atoms with Gasteiger partial charge in [0.1, 0.15) is 5.52 Å². The van der Waals surface area contributed by atoms with Gasteiger partial charge in [0, 0.05) is 32.4 Å². The van der Waals surface area contributed by atoms with E-state index < -0.39 is 9.84 Å². The van der Waals surface area contributed by atoms with E-state index in [0.717, 1.165) is 56.9 Å². The van der Waals surface area contributed by atoms with Gasteiger partial charge in [-0.15, -0.1) is 0 Å². The third-order valence-electron chi connectivity index (χ3n) is 4.96. The van der Waals surface area contributed by atoms with Crippen LogP contribution in [0.2, 0.25) is 5.02 Å². The number of sulfone groups is 1. The number of thiazole rings is 2. The van der Waals surface area contributed by atoms with Gasteiger partial charge in [-0.2, -0.15) is 0 Å². The van der Waals surface area contributed by atoms with Gasteiger partial charge >= 0.3 is 0 Å². The third kappa shape index (κ3) is 3.56. The van der Waals surface area contributed by atoms with E-state index >= 15 is 0 Å². The second kappa shape index (κ2) is 7.09. The number of anilines is 2. The molecule has 150 valence electrons. The van der Waals surface area contributed by atoms with E-state index in [0.29, 0.717) is 9.92 Å². The van der Waals surface area contributed by atoms with E-state index in [1.54, 1.807) is 29.5 Å². The minimum Gasteiger partial charge on any atom is -0.345 e. The Morgan fingerprint density at radius 2 is 1.59 bits per heavy atom. The van der Waals surface area contributed by atoms with Gasteiger partial charge in [-0.25, -0.2) is 18.4 Å². The molecule has 1 aliphatic heterocycles. The normalized spacial score (nSPS) is 15.5. The number of halogens is 1. The molecular formula is C19H17ClN4O2S3. The van der Waals surface area contributed by atoms with Gasteiger partial charge < -0.3 is 9.80 Å². The molecular weight excluding hydrogens is 448 g/mol. The lowest BCUT2D eigenvalue weighted by Gasteiger charge is -2.34. The van der Waals surface area contributed by atoms with Crippen LogP contribution in [0.5, 0.6) is 0 Å². The minimum atomic E-state index is -3.22. The van der Waals surface area contributed by atoms with Crippen molar-refractivity contribution in [3.8, 4) is 0 Å². The highest BCUT2D eigenvalue weighted by Gasteiger charge is 2.23. The van der Waals surface area contributed by atoms with Crippen molar-refractivity contribution in [2.45, 2.75) is 4.90 Å². The van der Waals surface area contributed by atoms with Crippen molar-refractivity contribution in [2.24, 2.45) is 0 Å². The topological polar surface area (TPSA) is 66.4 Å². The Hall–Kier alpha value is -1.94. The van der Waals surface area contributed by atoms with Crippen LogP contribution in [0.15, 0.2) is 41.3 Å². The first-order chi connectivity index (χ1) is 13.9. The Morgan fingerprint density at radius 1 is 0.931 bits per heavy atom. The summed E-state index contributed by atoms with van der Waals surface area (Å²) >= 11 is 9.47. The van der Waals surface area contributed by atoms with Crippen LogP contribution < -0.4 is 9.80 Å². The Bertz CT molecular complexity index is 1320. The van der Waals surface area contributed by atoms with Crippen LogP contribution in [0.25, 0.3) is 20.4 Å². The van der Waals surface area contributed by atoms with Crippen molar-refractivity contribution < 1.29 is 8.42 Å². The van der Waals surface area contributed by atoms with Crippen LogP contribution in [-0.2, 0) is 9.84 Å². The molecule has 0 unspecified atom stereocenters. The van der Waals surface area contributed by atoms with E-state index in [1.165, 1.54) is 17.6 Å². The molecule has 0 amide bonds. The summed E-state index contributed by atoms with van der Waals surface area (Å²) in [7, 11) is -3.22. The second-order valence-corrected chi connectivity index (χ2v) is 11.4. The van der Waals surface area contributed by atoms with Crippen molar-refractivity contribution >= 4 is 74.8 Å². The number of rotatable bonds is 3. The van der Waals surface area contributed by atoms with Crippen molar-refractivity contribution in [1.82, 2.24) is 9.97 Å². The quantitative estimate of drug-likeness (QED) is 0.450. The Morgan fingerprint density at radius 3 is 2.24 bits per heavy atom. The zero-order valence-electron chi connectivity index (χ0n) is 15.5. The Kier molecular flexibility index (Phi) is 4.65. The molecule has 1 fully saturated rings. The molecule has 5 rings (SSSR count). The molecule has 0 spiro atoms. The van der Waals surface area contributed by atoms with Crippen molar-refractivity contribution in [2.75, 3.05) is 42.2 Å². The smallest absolute Gasteiger partial charge is 0.186 e. The largest absolute Gasteiger partial charge is 0.345 e. The standard InChI is InChI=1S/C19H17ClN4O2S3/c1-29(25,26)12-5-6-14-16(11-12)28-18(21-14)23-7-9-24(10-8-23)19-22-17-13(20)3-2-4-15(17)27-19/h2-6,11H,7-10H2,1H3. The van der Waals surface area contributed by atoms with Gasteiger partial charge in [0.25, 0.3) is 0 Å². The minimum absolute atomic E-state index is 0.333. The molecule has 3 heterocycles. The van der Waals surface area contributed by atoms with E-state index in [4.69, 9.17) is 21.6 Å². The van der Waals surface area contributed by atoms with Crippen molar-refractivity contribution in [1.29, 1.82) is 0 Å². The summed E-state index contributed by atoms with van der Waals surface area (Å²) in [4.78, 5) is 14.3. The molecule has 2 aromatic heterocycles. The third-order valence-corrected chi connectivity index (χ3v) is 8.53. The number of piperazine rings is 1. The molecule has 2 aromatic carbocycles. The maximum Gasteiger partial charge on any atom is 0.186 e. The number of benzene rings is 2. The summed E-state index contributed by atoms with van der Waals surface area (Å²) in [5.41, 5.74) is 1.70. The molecule has 10 heteroatoms. The lowest BCUT2D eigenvalue weighted by Crippen LogP contribution is -2.46. The first-order valence-corrected chi connectivity index (χ1v) is 12.9. The molecule has 0 saturated carbocycles. The van der Waals surface area contributed by atoms with Crippen LogP contribution >= 0.6 is 34.3 Å². The van der Waals surface area contributed by atoms with Crippen LogP contribution in [0.1, 0.15) is 0 Å². The predicted molar refractivity (Wildman–Crippen MR) is 122 cm³/mol. The molecule has 29 heavy (non-hydrogen) atoms. The van der Waals surface area contributed by atoms with Crippen LogP contribution in [0, 0.1) is 0 Å². The fourth-order valence-corrected chi connectivity index (χ4v) is 6.48. The van der Waals surface area contributed by atoms with Gasteiger partial charge in [0.15, 0.2) is 20.1 Å². The maximum absolute atomic E-state index is 11.8. The molecule has 0 atom stereocenters. The first kappa shape index (κ1) is 19.0. The number of nitrogens with zero attached hydrogens (tertiary/aromatic N) is 4. The molecule has 1 aliphatic rings. The molecule has 1 saturated heterocycles. The maximum atomic E-state index is 11.8. The zero-order chi connectivity index (χ0) is 20.2. The number of hydrogen-bond acceptors (Lipinski definition) is 8. The predicted octanol–water partition coefficient (Wildman–Crippen LogP) is 4.29. The monoisotopic (exact) mass is 464 g/mol. The fourth-order valence-electron chi connectivity index (χ4n) is 3.39. The summed E-state index contributed by atoms with van der Waals surface area (Å²) in [6.07, 6.45) is 1.23. The molecule has 4 aromatic rings. The summed E-state index contributed by atoms with van der Waals surface area (Å²) in [6, 6.07) is 11.0. The summed E-state index contributed by atoms with van der Waals surface area (Å²) in [6.45, 7) is 3.37. The average molecular weight is 465 g/mol. The van der Waals surface area contributed by atoms with E-state index in [1.807, 2.05) is 18.2 Å². The highest BCUT2D eigenvalue weighted by Crippen LogP contribution is 2.35.